The highest BCUT2D eigenvalue weighted by atomic mass is 16.5. The van der Waals surface area contributed by atoms with E-state index in [-0.39, 0.29) is 11.8 Å². The Balaban J connectivity index is 1.47. The third-order valence-corrected chi connectivity index (χ3v) is 5.82. The summed E-state index contributed by atoms with van der Waals surface area (Å²) in [6.45, 7) is 4.70. The fraction of sp³-hybridized carbons (Fsp3) is 0.241. The third kappa shape index (κ3) is 5.86. The second-order valence-corrected chi connectivity index (χ2v) is 8.33. The normalized spacial score (nSPS) is 14.8. The number of carbonyl (C=O) groups is 2. The van der Waals surface area contributed by atoms with Crippen LogP contribution in [0.25, 0.3) is 6.08 Å². The number of anilines is 2. The van der Waals surface area contributed by atoms with E-state index >= 15 is 0 Å². The number of methoxy groups -OCH3 is 1. The zero-order chi connectivity index (χ0) is 25.5. The van der Waals surface area contributed by atoms with Crippen molar-refractivity contribution in [2.24, 2.45) is 0 Å². The zero-order valence-corrected chi connectivity index (χ0v) is 20.7. The predicted molar refractivity (Wildman–Crippen MR) is 141 cm³/mol. The molecule has 7 nitrogen and oxygen atoms in total. The van der Waals surface area contributed by atoms with E-state index in [2.05, 4.69) is 5.32 Å². The minimum Gasteiger partial charge on any atom is -0.493 e. The lowest BCUT2D eigenvalue weighted by Gasteiger charge is -2.33. The second kappa shape index (κ2) is 11.4. The van der Waals surface area contributed by atoms with Gasteiger partial charge < -0.3 is 24.4 Å². The molecule has 1 atom stereocenters. The van der Waals surface area contributed by atoms with Crippen LogP contribution in [-0.2, 0) is 16.0 Å². The number of nitrogens with zero attached hydrogens (tertiary/aromatic N) is 1. The molecule has 2 amide bonds. The number of nitrogens with one attached hydrogen (secondary N) is 1. The molecule has 0 saturated heterocycles. The number of rotatable bonds is 9. The van der Waals surface area contributed by atoms with Crippen LogP contribution in [0.5, 0.6) is 17.2 Å². The molecular formula is C29H30N2O5. The van der Waals surface area contributed by atoms with E-state index in [0.717, 1.165) is 11.1 Å². The number of fused-ring (bicyclic) bond motifs is 1. The van der Waals surface area contributed by atoms with Gasteiger partial charge in [-0.1, -0.05) is 36.4 Å². The van der Waals surface area contributed by atoms with Crippen LogP contribution in [0.2, 0.25) is 0 Å². The molecular weight excluding hydrogens is 456 g/mol. The average molecular weight is 487 g/mol. The first-order valence-corrected chi connectivity index (χ1v) is 11.9. The van der Waals surface area contributed by atoms with Crippen LogP contribution < -0.4 is 24.4 Å². The SMILES string of the molecule is CCOc1ccc(/C=C/C(=O)Nc2ccc3c(c2)N(CCc2ccccc2)C(=O)C(C)O3)cc1OC. The second-order valence-electron chi connectivity index (χ2n) is 8.33. The van der Waals surface area contributed by atoms with Gasteiger partial charge in [-0.15, -0.1) is 0 Å². The highest BCUT2D eigenvalue weighted by Gasteiger charge is 2.31. The number of hydrogen-bond acceptors (Lipinski definition) is 5. The average Bonchev–Trinajstić information content (AvgIpc) is 2.89. The van der Waals surface area contributed by atoms with Crippen molar-refractivity contribution in [3.63, 3.8) is 0 Å². The number of amides is 2. The Morgan fingerprint density at radius 3 is 2.64 bits per heavy atom. The van der Waals surface area contributed by atoms with Crippen molar-refractivity contribution in [3.05, 3.63) is 83.9 Å². The number of benzene rings is 3. The fourth-order valence-electron chi connectivity index (χ4n) is 4.02. The summed E-state index contributed by atoms with van der Waals surface area (Å²) in [7, 11) is 1.58. The molecule has 0 aromatic heterocycles. The summed E-state index contributed by atoms with van der Waals surface area (Å²) < 4.78 is 16.7. The smallest absolute Gasteiger partial charge is 0.267 e. The van der Waals surface area contributed by atoms with Gasteiger partial charge in [-0.05, 0) is 67.8 Å². The molecule has 3 aromatic carbocycles. The van der Waals surface area contributed by atoms with E-state index in [4.69, 9.17) is 14.2 Å². The van der Waals surface area contributed by atoms with Gasteiger partial charge in [0.25, 0.3) is 5.91 Å². The maximum absolute atomic E-state index is 12.9. The molecule has 4 rings (SSSR count). The van der Waals surface area contributed by atoms with E-state index in [1.165, 1.54) is 6.08 Å². The van der Waals surface area contributed by atoms with Crippen LogP contribution >= 0.6 is 0 Å². The van der Waals surface area contributed by atoms with Gasteiger partial charge in [-0.3, -0.25) is 9.59 Å². The van der Waals surface area contributed by atoms with Crippen LogP contribution in [0.4, 0.5) is 11.4 Å². The molecule has 0 spiro atoms. The van der Waals surface area contributed by atoms with Crippen molar-refractivity contribution < 1.29 is 23.8 Å². The standard InChI is InChI=1S/C29H30N2O5/c1-4-35-26-13-10-22(18-27(26)34-3)11-15-28(32)30-23-12-14-25-24(19-23)31(29(33)20(2)36-25)17-16-21-8-6-5-7-9-21/h5-15,18-20H,4,16-17H2,1-3H3,(H,30,32)/b15-11+. The van der Waals surface area contributed by atoms with Crippen molar-refractivity contribution in [1.29, 1.82) is 0 Å². The van der Waals surface area contributed by atoms with Crippen molar-refractivity contribution in [2.75, 3.05) is 30.5 Å². The molecule has 0 radical (unpaired) electrons. The summed E-state index contributed by atoms with van der Waals surface area (Å²) in [5, 5.41) is 2.87. The Morgan fingerprint density at radius 1 is 1.08 bits per heavy atom. The van der Waals surface area contributed by atoms with Crippen molar-refractivity contribution in [1.82, 2.24) is 0 Å². The van der Waals surface area contributed by atoms with Gasteiger partial charge in [-0.2, -0.15) is 0 Å². The lowest BCUT2D eigenvalue weighted by molar-refractivity contribution is -0.125. The lowest BCUT2D eigenvalue weighted by Crippen LogP contribution is -2.45. The van der Waals surface area contributed by atoms with E-state index < -0.39 is 6.10 Å². The molecule has 1 heterocycles. The Bertz CT molecular complexity index is 1260. The quantitative estimate of drug-likeness (QED) is 0.426. The monoisotopic (exact) mass is 486 g/mol. The van der Waals surface area contributed by atoms with Gasteiger partial charge >= 0.3 is 0 Å². The first-order chi connectivity index (χ1) is 17.5. The molecule has 1 unspecified atom stereocenters. The molecule has 7 heteroatoms. The molecule has 0 bridgehead atoms. The molecule has 0 fully saturated rings. The maximum atomic E-state index is 12.9. The molecule has 0 saturated carbocycles. The minimum atomic E-state index is -0.567. The Morgan fingerprint density at radius 2 is 1.89 bits per heavy atom. The van der Waals surface area contributed by atoms with E-state index in [9.17, 15) is 9.59 Å². The molecule has 3 aromatic rings. The van der Waals surface area contributed by atoms with Crippen LogP contribution in [0.15, 0.2) is 72.8 Å². The Kier molecular flexibility index (Phi) is 7.90. The Hall–Kier alpha value is -4.26. The first-order valence-electron chi connectivity index (χ1n) is 11.9. The van der Waals surface area contributed by atoms with E-state index in [0.29, 0.717) is 48.2 Å². The summed E-state index contributed by atoms with van der Waals surface area (Å²) >= 11 is 0. The summed E-state index contributed by atoms with van der Waals surface area (Å²) in [4.78, 5) is 27.3. The molecule has 1 N–H and O–H groups in total. The van der Waals surface area contributed by atoms with E-state index in [1.54, 1.807) is 43.2 Å². The molecule has 1 aliphatic rings. The molecule has 36 heavy (non-hydrogen) atoms. The Labute approximate surface area is 211 Å². The van der Waals surface area contributed by atoms with Gasteiger partial charge in [0.15, 0.2) is 17.6 Å². The van der Waals surface area contributed by atoms with Crippen molar-refractivity contribution >= 4 is 29.3 Å². The van der Waals surface area contributed by atoms with E-state index in [1.807, 2.05) is 55.5 Å². The summed E-state index contributed by atoms with van der Waals surface area (Å²) in [5.41, 5.74) is 3.16. The van der Waals surface area contributed by atoms with Crippen LogP contribution in [0.3, 0.4) is 0 Å². The third-order valence-electron chi connectivity index (χ3n) is 5.82. The number of ether oxygens (including phenoxy) is 3. The van der Waals surface area contributed by atoms with Gasteiger partial charge in [0, 0.05) is 18.3 Å². The van der Waals surface area contributed by atoms with Gasteiger partial charge in [0.05, 0.1) is 19.4 Å². The first kappa shape index (κ1) is 24.9. The fourth-order valence-corrected chi connectivity index (χ4v) is 4.02. The molecule has 0 aliphatic carbocycles. The van der Waals surface area contributed by atoms with Gasteiger partial charge in [0.2, 0.25) is 5.91 Å². The predicted octanol–water partition coefficient (Wildman–Crippen LogP) is 5.10. The lowest BCUT2D eigenvalue weighted by atomic mass is 10.1. The summed E-state index contributed by atoms with van der Waals surface area (Å²) in [6.07, 6.45) is 3.30. The summed E-state index contributed by atoms with van der Waals surface area (Å²) in [6, 6.07) is 20.8. The van der Waals surface area contributed by atoms with Crippen LogP contribution in [0, 0.1) is 0 Å². The highest BCUT2D eigenvalue weighted by Crippen LogP contribution is 2.36. The maximum Gasteiger partial charge on any atom is 0.267 e. The van der Waals surface area contributed by atoms with Gasteiger partial charge in [-0.25, -0.2) is 0 Å². The van der Waals surface area contributed by atoms with Crippen molar-refractivity contribution in [2.45, 2.75) is 26.4 Å². The summed E-state index contributed by atoms with van der Waals surface area (Å²) in [5.74, 6) is 1.47. The largest absolute Gasteiger partial charge is 0.493 e. The minimum absolute atomic E-state index is 0.105. The molecule has 186 valence electrons. The number of carbonyl (C=O) groups excluding carboxylic acids is 2. The topological polar surface area (TPSA) is 77.1 Å². The zero-order valence-electron chi connectivity index (χ0n) is 20.7. The van der Waals surface area contributed by atoms with Crippen LogP contribution in [0.1, 0.15) is 25.0 Å². The van der Waals surface area contributed by atoms with Crippen LogP contribution in [-0.4, -0.2) is 38.2 Å². The number of hydrogen-bond donors (Lipinski definition) is 1. The molecule has 1 aliphatic heterocycles. The van der Waals surface area contributed by atoms with Gasteiger partial charge in [0.1, 0.15) is 5.75 Å². The van der Waals surface area contributed by atoms with Crippen molar-refractivity contribution in [3.8, 4) is 17.2 Å². The highest BCUT2D eigenvalue weighted by molar-refractivity contribution is 6.04.